The Labute approximate surface area is 140 Å². The molecule has 1 aromatic carbocycles. The number of carbonyl (C=O) groups excluding carboxylic acids is 2. The summed E-state index contributed by atoms with van der Waals surface area (Å²) in [6, 6.07) is 10.3. The number of aromatic amines is 1. The van der Waals surface area contributed by atoms with Crippen molar-refractivity contribution in [2.24, 2.45) is 5.73 Å². The van der Waals surface area contributed by atoms with Crippen molar-refractivity contribution >= 4 is 23.3 Å². The predicted octanol–water partition coefficient (Wildman–Crippen LogP) is 1.84. The molecule has 0 saturated carbocycles. The molecule has 4 N–H and O–H groups in total. The van der Waals surface area contributed by atoms with Gasteiger partial charge >= 0.3 is 0 Å². The molecule has 0 unspecified atom stereocenters. The monoisotopic (exact) mass is 325 g/mol. The summed E-state index contributed by atoms with van der Waals surface area (Å²) in [5, 5.41) is 2.80. The van der Waals surface area contributed by atoms with E-state index in [-0.39, 0.29) is 5.91 Å². The number of rotatable bonds is 4. The summed E-state index contributed by atoms with van der Waals surface area (Å²) in [6.45, 7) is 1.86. The molecule has 2 heterocycles. The molecular weight excluding hydrogens is 304 g/mol. The highest BCUT2D eigenvalue weighted by atomic mass is 16.2. The number of hydrogen-bond donors (Lipinski definition) is 2. The van der Waals surface area contributed by atoms with E-state index in [0.29, 0.717) is 16.8 Å². The van der Waals surface area contributed by atoms with Crippen LogP contribution in [0.5, 0.6) is 0 Å². The summed E-state index contributed by atoms with van der Waals surface area (Å²) in [5.41, 5.74) is 6.64. The number of nitrogens with zero attached hydrogens (tertiary/aromatic N) is 1. The average molecular weight is 325 g/mol. The standard InChI is InChI=1S/C18H20N4O2/c19-16(23)13-7-2-3-9-15(13)21-18(24)14-8-6-10-20-17(14)22-11-4-1-5-12-22/h2-3,6-10H,1,4-5,11-12H2,(H2,19,23)(H,21,24)/p+1. The molecular formula is C18H21N4O2+. The summed E-state index contributed by atoms with van der Waals surface area (Å²) in [4.78, 5) is 29.6. The molecule has 1 aromatic heterocycles. The van der Waals surface area contributed by atoms with Crippen LogP contribution in [0.1, 0.15) is 40.0 Å². The lowest BCUT2D eigenvalue weighted by Gasteiger charge is -2.22. The predicted molar refractivity (Wildman–Crippen MR) is 92.0 cm³/mol. The number of pyridine rings is 1. The van der Waals surface area contributed by atoms with E-state index in [9.17, 15) is 9.59 Å². The van der Waals surface area contributed by atoms with Crippen LogP contribution >= 0.6 is 0 Å². The minimum atomic E-state index is -0.568. The van der Waals surface area contributed by atoms with E-state index >= 15 is 0 Å². The van der Waals surface area contributed by atoms with Crippen molar-refractivity contribution in [3.63, 3.8) is 0 Å². The Bertz CT molecular complexity index is 754. The number of anilines is 2. The normalized spacial score (nSPS) is 14.2. The Morgan fingerprint density at radius 2 is 1.71 bits per heavy atom. The third-order valence-corrected chi connectivity index (χ3v) is 4.19. The summed E-state index contributed by atoms with van der Waals surface area (Å²) in [6.07, 6.45) is 5.28. The van der Waals surface area contributed by atoms with E-state index in [1.54, 1.807) is 36.4 Å². The molecule has 124 valence electrons. The zero-order valence-electron chi connectivity index (χ0n) is 13.4. The molecule has 2 aromatic rings. The largest absolute Gasteiger partial charge is 0.366 e. The lowest BCUT2D eigenvalue weighted by Crippen LogP contribution is -2.36. The van der Waals surface area contributed by atoms with Crippen molar-refractivity contribution in [1.29, 1.82) is 0 Å². The lowest BCUT2D eigenvalue weighted by molar-refractivity contribution is -0.364. The molecule has 1 aliphatic rings. The maximum absolute atomic E-state index is 12.7. The van der Waals surface area contributed by atoms with E-state index in [1.165, 1.54) is 6.42 Å². The van der Waals surface area contributed by atoms with Crippen LogP contribution in [0.4, 0.5) is 11.5 Å². The Hall–Kier alpha value is -2.89. The minimum Gasteiger partial charge on any atom is -0.366 e. The van der Waals surface area contributed by atoms with E-state index in [4.69, 9.17) is 5.73 Å². The van der Waals surface area contributed by atoms with E-state index in [2.05, 4.69) is 15.2 Å². The maximum Gasteiger partial charge on any atom is 0.287 e. The number of hydrogen-bond acceptors (Lipinski definition) is 3. The van der Waals surface area contributed by atoms with Crippen LogP contribution in [0.3, 0.4) is 0 Å². The number of amides is 2. The van der Waals surface area contributed by atoms with Crippen LogP contribution in [-0.2, 0) is 0 Å². The van der Waals surface area contributed by atoms with Crippen LogP contribution < -0.4 is 20.9 Å². The minimum absolute atomic E-state index is 0.263. The van der Waals surface area contributed by atoms with Gasteiger partial charge < -0.3 is 11.1 Å². The van der Waals surface area contributed by atoms with Gasteiger partial charge in [0.15, 0.2) is 0 Å². The van der Waals surface area contributed by atoms with Gasteiger partial charge in [0.2, 0.25) is 0 Å². The van der Waals surface area contributed by atoms with Gasteiger partial charge in [0.05, 0.1) is 30.5 Å². The fourth-order valence-electron chi connectivity index (χ4n) is 2.99. The first kappa shape index (κ1) is 16.0. The van der Waals surface area contributed by atoms with Gasteiger partial charge in [-0.1, -0.05) is 12.1 Å². The molecule has 24 heavy (non-hydrogen) atoms. The highest BCUT2D eigenvalue weighted by Crippen LogP contribution is 2.21. The number of H-pyrrole nitrogens is 1. The molecule has 3 rings (SSSR count). The number of aromatic nitrogens is 1. The second-order valence-electron chi connectivity index (χ2n) is 5.84. The van der Waals surface area contributed by atoms with E-state index in [0.717, 1.165) is 31.7 Å². The zero-order chi connectivity index (χ0) is 16.9. The van der Waals surface area contributed by atoms with Gasteiger partial charge in [-0.15, -0.1) is 0 Å². The van der Waals surface area contributed by atoms with Crippen molar-refractivity contribution in [3.8, 4) is 0 Å². The van der Waals surface area contributed by atoms with E-state index in [1.807, 2.05) is 6.20 Å². The van der Waals surface area contributed by atoms with Gasteiger partial charge in [-0.05, 0) is 43.5 Å². The summed E-state index contributed by atoms with van der Waals surface area (Å²) >= 11 is 0. The molecule has 1 aliphatic heterocycles. The smallest absolute Gasteiger partial charge is 0.287 e. The van der Waals surface area contributed by atoms with Crippen LogP contribution in [0.25, 0.3) is 0 Å². The number of nitrogens with two attached hydrogens (primary N) is 1. The number of piperidine rings is 1. The fraction of sp³-hybridized carbons (Fsp3) is 0.278. The number of primary amides is 1. The van der Waals surface area contributed by atoms with Gasteiger partial charge in [0.1, 0.15) is 5.56 Å². The summed E-state index contributed by atoms with van der Waals surface area (Å²) in [7, 11) is 0. The molecule has 0 bridgehead atoms. The molecule has 6 nitrogen and oxygen atoms in total. The molecule has 1 saturated heterocycles. The SMILES string of the molecule is NC(=O)c1ccccc1NC(=O)c1ccc[nH+]c1N1CCCCC1. The zero-order valence-corrected chi connectivity index (χ0v) is 13.4. The van der Waals surface area contributed by atoms with Crippen molar-refractivity contribution in [1.82, 2.24) is 0 Å². The second kappa shape index (κ2) is 7.12. The highest BCUT2D eigenvalue weighted by molar-refractivity contribution is 6.10. The van der Waals surface area contributed by atoms with Gasteiger partial charge in [-0.2, -0.15) is 0 Å². The van der Waals surface area contributed by atoms with Crippen molar-refractivity contribution in [2.45, 2.75) is 19.3 Å². The fourth-order valence-corrected chi connectivity index (χ4v) is 2.99. The van der Waals surface area contributed by atoms with Gasteiger partial charge in [-0.3, -0.25) is 14.5 Å². The topological polar surface area (TPSA) is 89.6 Å². The molecule has 0 radical (unpaired) electrons. The van der Waals surface area contributed by atoms with Crippen molar-refractivity contribution in [2.75, 3.05) is 23.3 Å². The first-order chi connectivity index (χ1) is 11.7. The first-order valence-electron chi connectivity index (χ1n) is 8.12. The Kier molecular flexibility index (Phi) is 4.74. The molecule has 0 spiro atoms. The van der Waals surface area contributed by atoms with E-state index < -0.39 is 5.91 Å². The second-order valence-corrected chi connectivity index (χ2v) is 5.84. The van der Waals surface area contributed by atoms with Gasteiger partial charge in [0.25, 0.3) is 17.6 Å². The van der Waals surface area contributed by atoms with Crippen molar-refractivity contribution in [3.05, 3.63) is 53.7 Å². The molecule has 1 fully saturated rings. The molecule has 2 amide bonds. The lowest BCUT2D eigenvalue weighted by atomic mass is 10.1. The van der Waals surface area contributed by atoms with Crippen LogP contribution in [-0.4, -0.2) is 24.9 Å². The Morgan fingerprint density at radius 3 is 2.46 bits per heavy atom. The highest BCUT2D eigenvalue weighted by Gasteiger charge is 2.26. The van der Waals surface area contributed by atoms with Gasteiger partial charge in [0, 0.05) is 0 Å². The average Bonchev–Trinajstić information content (AvgIpc) is 2.62. The van der Waals surface area contributed by atoms with Crippen LogP contribution in [0.15, 0.2) is 42.6 Å². The third kappa shape index (κ3) is 3.37. The molecule has 0 aliphatic carbocycles. The van der Waals surface area contributed by atoms with Gasteiger partial charge in [-0.25, -0.2) is 4.98 Å². The number of para-hydroxylation sites is 1. The summed E-state index contributed by atoms with van der Waals surface area (Å²) < 4.78 is 0. The third-order valence-electron chi connectivity index (χ3n) is 4.19. The Balaban J connectivity index is 1.87. The quantitative estimate of drug-likeness (QED) is 0.899. The number of nitrogens with one attached hydrogen (secondary N) is 2. The Morgan fingerprint density at radius 1 is 1.00 bits per heavy atom. The van der Waals surface area contributed by atoms with Crippen LogP contribution in [0, 0.1) is 0 Å². The first-order valence-corrected chi connectivity index (χ1v) is 8.12. The van der Waals surface area contributed by atoms with Crippen LogP contribution in [0.2, 0.25) is 0 Å². The molecule has 6 heteroatoms. The summed E-state index contributed by atoms with van der Waals surface area (Å²) in [5.74, 6) is -0.0193. The molecule has 0 atom stereocenters. The number of benzene rings is 1. The maximum atomic E-state index is 12.7. The van der Waals surface area contributed by atoms with Crippen molar-refractivity contribution < 1.29 is 14.6 Å². The number of carbonyl (C=O) groups is 2.